The standard InChI is InChI=1S/C27H25F3N4O2/c1-19(21-7-3-2-4-8-21)34(16-22-9-5-6-10-23(22)27(28,29)30)17-25-33-24(18-36-25)26(35)32-15-20-11-13-31-14-12-20/h2-14,18-19H,15-17H2,1H3,(H,32,35)/t19-/m1/s1. The maximum atomic E-state index is 13.6. The van der Waals surface area contributed by atoms with Crippen molar-refractivity contribution < 1.29 is 22.4 Å². The Morgan fingerprint density at radius 2 is 1.69 bits per heavy atom. The van der Waals surface area contributed by atoms with Crippen LogP contribution in [0, 0.1) is 0 Å². The van der Waals surface area contributed by atoms with Crippen molar-refractivity contribution in [2.24, 2.45) is 0 Å². The van der Waals surface area contributed by atoms with Crippen LogP contribution in [0.15, 0.2) is 89.8 Å². The molecular weight excluding hydrogens is 469 g/mol. The molecule has 0 unspecified atom stereocenters. The largest absolute Gasteiger partial charge is 0.447 e. The van der Waals surface area contributed by atoms with Crippen LogP contribution in [0.1, 0.15) is 51.6 Å². The summed E-state index contributed by atoms with van der Waals surface area (Å²) in [7, 11) is 0. The van der Waals surface area contributed by atoms with E-state index < -0.39 is 17.6 Å². The second kappa shape index (κ2) is 11.2. The Bertz CT molecular complexity index is 1280. The van der Waals surface area contributed by atoms with Crippen LogP contribution < -0.4 is 5.32 Å². The lowest BCUT2D eigenvalue weighted by molar-refractivity contribution is -0.138. The number of aromatic nitrogens is 2. The van der Waals surface area contributed by atoms with E-state index in [-0.39, 0.29) is 36.3 Å². The Labute approximate surface area is 206 Å². The van der Waals surface area contributed by atoms with Gasteiger partial charge >= 0.3 is 6.18 Å². The molecule has 0 aliphatic heterocycles. The van der Waals surface area contributed by atoms with Gasteiger partial charge < -0.3 is 9.73 Å². The molecule has 1 amide bonds. The van der Waals surface area contributed by atoms with Crippen LogP contribution in [0.25, 0.3) is 0 Å². The minimum Gasteiger partial charge on any atom is -0.447 e. The quantitative estimate of drug-likeness (QED) is 0.319. The molecule has 1 N–H and O–H groups in total. The fourth-order valence-electron chi connectivity index (χ4n) is 3.86. The van der Waals surface area contributed by atoms with E-state index in [0.717, 1.165) is 17.2 Å². The van der Waals surface area contributed by atoms with Gasteiger partial charge in [-0.1, -0.05) is 48.5 Å². The van der Waals surface area contributed by atoms with E-state index in [2.05, 4.69) is 15.3 Å². The van der Waals surface area contributed by atoms with E-state index in [9.17, 15) is 18.0 Å². The third-order valence-electron chi connectivity index (χ3n) is 5.85. The lowest BCUT2D eigenvalue weighted by atomic mass is 10.0. The molecule has 0 fully saturated rings. The first-order valence-corrected chi connectivity index (χ1v) is 11.4. The number of nitrogens with zero attached hydrogens (tertiary/aromatic N) is 3. The highest BCUT2D eigenvalue weighted by Crippen LogP contribution is 2.34. The number of hydrogen-bond acceptors (Lipinski definition) is 5. The summed E-state index contributed by atoms with van der Waals surface area (Å²) in [5.74, 6) is -0.178. The zero-order valence-electron chi connectivity index (χ0n) is 19.6. The average molecular weight is 495 g/mol. The fourth-order valence-corrected chi connectivity index (χ4v) is 3.86. The Kier molecular flexibility index (Phi) is 7.80. The highest BCUT2D eigenvalue weighted by atomic mass is 19.4. The van der Waals surface area contributed by atoms with Crippen molar-refractivity contribution in [3.63, 3.8) is 0 Å². The first kappa shape index (κ1) is 25.1. The highest BCUT2D eigenvalue weighted by molar-refractivity contribution is 5.91. The molecule has 6 nitrogen and oxygen atoms in total. The van der Waals surface area contributed by atoms with Gasteiger partial charge in [0.15, 0.2) is 5.69 Å². The highest BCUT2D eigenvalue weighted by Gasteiger charge is 2.34. The molecule has 4 aromatic rings. The minimum absolute atomic E-state index is 0.0116. The number of rotatable bonds is 9. The van der Waals surface area contributed by atoms with Crippen LogP contribution in [0.5, 0.6) is 0 Å². The van der Waals surface area contributed by atoms with Gasteiger partial charge in [-0.05, 0) is 41.8 Å². The van der Waals surface area contributed by atoms with Crippen molar-refractivity contribution in [3.8, 4) is 0 Å². The topological polar surface area (TPSA) is 71.3 Å². The van der Waals surface area contributed by atoms with Crippen LogP contribution in [-0.4, -0.2) is 20.8 Å². The van der Waals surface area contributed by atoms with Gasteiger partial charge in [0.25, 0.3) is 5.91 Å². The summed E-state index contributed by atoms with van der Waals surface area (Å²) in [5, 5.41) is 2.77. The summed E-state index contributed by atoms with van der Waals surface area (Å²) in [5.41, 5.74) is 1.38. The normalized spacial score (nSPS) is 12.5. The van der Waals surface area contributed by atoms with Crippen LogP contribution in [0.3, 0.4) is 0 Å². The van der Waals surface area contributed by atoms with Gasteiger partial charge in [0.05, 0.1) is 12.1 Å². The predicted molar refractivity (Wildman–Crippen MR) is 127 cm³/mol. The Morgan fingerprint density at radius 3 is 2.42 bits per heavy atom. The molecule has 36 heavy (non-hydrogen) atoms. The number of halogens is 3. The van der Waals surface area contributed by atoms with Crippen molar-refractivity contribution >= 4 is 5.91 Å². The number of alkyl halides is 3. The zero-order chi connectivity index (χ0) is 25.5. The fraction of sp³-hybridized carbons (Fsp3) is 0.222. The SMILES string of the molecule is C[C@H](c1ccccc1)N(Cc1nc(C(=O)NCc2ccncc2)co1)Cc1ccccc1C(F)(F)F. The van der Waals surface area contributed by atoms with Gasteiger partial charge in [-0.15, -0.1) is 0 Å². The number of hydrogen-bond donors (Lipinski definition) is 1. The molecular formula is C27H25F3N4O2. The van der Waals surface area contributed by atoms with Crippen LogP contribution in [-0.2, 0) is 25.8 Å². The maximum absolute atomic E-state index is 13.6. The average Bonchev–Trinajstić information content (AvgIpc) is 3.36. The Hall–Kier alpha value is -3.98. The lowest BCUT2D eigenvalue weighted by Gasteiger charge is -2.29. The van der Waals surface area contributed by atoms with Gasteiger partial charge in [0.2, 0.25) is 5.89 Å². The van der Waals surface area contributed by atoms with Crippen molar-refractivity contribution in [2.45, 2.75) is 38.8 Å². The van der Waals surface area contributed by atoms with Crippen molar-refractivity contribution in [2.75, 3.05) is 0 Å². The molecule has 0 radical (unpaired) electrons. The summed E-state index contributed by atoms with van der Waals surface area (Å²) in [6.45, 7) is 2.34. The number of pyridine rings is 1. The molecule has 2 aromatic carbocycles. The van der Waals surface area contributed by atoms with Crippen LogP contribution in [0.4, 0.5) is 13.2 Å². The summed E-state index contributed by atoms with van der Waals surface area (Å²) in [4.78, 5) is 22.6. The summed E-state index contributed by atoms with van der Waals surface area (Å²) in [6, 6.07) is 18.3. The van der Waals surface area contributed by atoms with Gasteiger partial charge in [0.1, 0.15) is 6.26 Å². The van der Waals surface area contributed by atoms with Gasteiger partial charge in [0, 0.05) is 31.5 Å². The Balaban J connectivity index is 1.53. The maximum Gasteiger partial charge on any atom is 0.416 e. The summed E-state index contributed by atoms with van der Waals surface area (Å²) < 4.78 is 46.5. The first-order chi connectivity index (χ1) is 17.3. The van der Waals surface area contributed by atoms with Crippen molar-refractivity contribution in [1.82, 2.24) is 20.2 Å². The molecule has 0 spiro atoms. The molecule has 186 valence electrons. The molecule has 0 saturated heterocycles. The second-order valence-electron chi connectivity index (χ2n) is 8.31. The van der Waals surface area contributed by atoms with E-state index in [1.165, 1.54) is 18.4 Å². The van der Waals surface area contributed by atoms with Gasteiger partial charge in [-0.25, -0.2) is 4.98 Å². The van der Waals surface area contributed by atoms with E-state index in [4.69, 9.17) is 4.42 Å². The molecule has 0 aliphatic rings. The number of carbonyl (C=O) groups is 1. The zero-order valence-corrected chi connectivity index (χ0v) is 19.6. The molecule has 9 heteroatoms. The van der Waals surface area contributed by atoms with E-state index in [0.29, 0.717) is 6.54 Å². The second-order valence-corrected chi connectivity index (χ2v) is 8.31. The molecule has 0 bridgehead atoms. The van der Waals surface area contributed by atoms with Gasteiger partial charge in [-0.3, -0.25) is 14.7 Å². The molecule has 2 aromatic heterocycles. The minimum atomic E-state index is -4.47. The van der Waals surface area contributed by atoms with Crippen LogP contribution >= 0.6 is 0 Å². The van der Waals surface area contributed by atoms with E-state index in [1.807, 2.05) is 42.2 Å². The first-order valence-electron chi connectivity index (χ1n) is 11.4. The lowest BCUT2D eigenvalue weighted by Crippen LogP contribution is -2.28. The predicted octanol–water partition coefficient (Wildman–Crippen LogP) is 5.78. The van der Waals surface area contributed by atoms with E-state index >= 15 is 0 Å². The van der Waals surface area contributed by atoms with E-state index in [1.54, 1.807) is 30.6 Å². The summed E-state index contributed by atoms with van der Waals surface area (Å²) in [6.07, 6.45) is 0.0533. The van der Waals surface area contributed by atoms with Gasteiger partial charge in [-0.2, -0.15) is 13.2 Å². The third-order valence-corrected chi connectivity index (χ3v) is 5.85. The number of carbonyl (C=O) groups excluding carboxylic acids is 1. The third kappa shape index (κ3) is 6.37. The summed E-state index contributed by atoms with van der Waals surface area (Å²) >= 11 is 0. The number of nitrogens with one attached hydrogen (secondary N) is 1. The molecule has 0 saturated carbocycles. The van der Waals surface area contributed by atoms with Crippen molar-refractivity contribution in [3.05, 3.63) is 119 Å². The smallest absolute Gasteiger partial charge is 0.416 e. The number of amides is 1. The molecule has 4 rings (SSSR count). The van der Waals surface area contributed by atoms with Crippen molar-refractivity contribution in [1.29, 1.82) is 0 Å². The number of oxazole rings is 1. The number of benzene rings is 2. The van der Waals surface area contributed by atoms with Crippen LogP contribution in [0.2, 0.25) is 0 Å². The molecule has 0 aliphatic carbocycles. The monoisotopic (exact) mass is 494 g/mol. The molecule has 2 heterocycles. The molecule has 1 atom stereocenters. The Morgan fingerprint density at radius 1 is 1.00 bits per heavy atom.